The van der Waals surface area contributed by atoms with Crippen LogP contribution in [0.3, 0.4) is 0 Å². The second kappa shape index (κ2) is 11.0. The minimum atomic E-state index is -0.870. The number of rotatable bonds is 11. The van der Waals surface area contributed by atoms with E-state index in [0.29, 0.717) is 6.42 Å². The summed E-state index contributed by atoms with van der Waals surface area (Å²) in [6, 6.07) is -0.379. The summed E-state index contributed by atoms with van der Waals surface area (Å²) in [6.07, 6.45) is 6.58. The van der Waals surface area contributed by atoms with E-state index in [9.17, 15) is 9.90 Å². The highest BCUT2D eigenvalue weighted by atomic mass is 16.5. The summed E-state index contributed by atoms with van der Waals surface area (Å²) in [5.41, 5.74) is 0. The Bertz CT molecular complexity index is 254. The Morgan fingerprint density at radius 1 is 1.47 bits per heavy atom. The van der Waals surface area contributed by atoms with Gasteiger partial charge >= 0.3 is 0 Å². The van der Waals surface area contributed by atoms with Gasteiger partial charge in [0, 0.05) is 12.4 Å². The molecule has 2 N–H and O–H groups in total. The molecule has 0 amide bonds. The summed E-state index contributed by atoms with van der Waals surface area (Å²) in [5.74, 6) is 0. The van der Waals surface area contributed by atoms with Gasteiger partial charge in [-0.15, -0.1) is 0 Å². The molecule has 0 saturated carbocycles. The fourth-order valence-electron chi connectivity index (χ4n) is 1.22. The maximum absolute atomic E-state index is 10.7. The van der Waals surface area contributed by atoms with Crippen molar-refractivity contribution >= 4 is 12.5 Å². The normalized spacial score (nSPS) is 14.2. The van der Waals surface area contributed by atoms with E-state index in [1.165, 1.54) is 12.5 Å². The number of unbranched alkanes of at least 4 members (excludes halogenated alkanes) is 1. The second-order valence-corrected chi connectivity index (χ2v) is 3.37. The standard InChI is InChI=1S/C12H20N2O3/c1-3-13-8-6-5-7-11(9-15)14-12(16)10-17-4-2/h3-4,8-9,11-12,14,16H,1-2,5-7,10H2/b13-8-/t11-,12?/m0/s1. The van der Waals surface area contributed by atoms with E-state index in [1.807, 2.05) is 0 Å². The van der Waals surface area contributed by atoms with E-state index in [4.69, 9.17) is 4.74 Å². The lowest BCUT2D eigenvalue weighted by molar-refractivity contribution is -0.110. The molecule has 0 aliphatic carbocycles. The van der Waals surface area contributed by atoms with Gasteiger partial charge in [-0.05, 0) is 19.3 Å². The van der Waals surface area contributed by atoms with Crippen LogP contribution in [-0.2, 0) is 9.53 Å². The smallest absolute Gasteiger partial charge is 0.139 e. The highest BCUT2D eigenvalue weighted by molar-refractivity contribution is 5.59. The first-order valence-corrected chi connectivity index (χ1v) is 5.49. The zero-order chi connectivity index (χ0) is 12.9. The van der Waals surface area contributed by atoms with E-state index in [0.717, 1.165) is 19.1 Å². The molecular weight excluding hydrogens is 220 g/mol. The van der Waals surface area contributed by atoms with Crippen LogP contribution in [0.25, 0.3) is 0 Å². The second-order valence-electron chi connectivity index (χ2n) is 3.37. The van der Waals surface area contributed by atoms with E-state index < -0.39 is 6.23 Å². The molecule has 0 aromatic carbocycles. The number of aliphatic hydroxyl groups is 1. The molecule has 96 valence electrons. The molecule has 0 bridgehead atoms. The highest BCUT2D eigenvalue weighted by Gasteiger charge is 2.11. The average molecular weight is 240 g/mol. The molecule has 0 spiro atoms. The van der Waals surface area contributed by atoms with Crippen molar-refractivity contribution in [1.29, 1.82) is 0 Å². The Morgan fingerprint density at radius 3 is 2.82 bits per heavy atom. The van der Waals surface area contributed by atoms with Crippen molar-refractivity contribution in [1.82, 2.24) is 5.32 Å². The van der Waals surface area contributed by atoms with Gasteiger partial charge in [0.15, 0.2) is 0 Å². The monoisotopic (exact) mass is 240 g/mol. The zero-order valence-electron chi connectivity index (χ0n) is 9.92. The summed E-state index contributed by atoms with van der Waals surface area (Å²) in [6.45, 7) is 6.89. The number of carbonyl (C=O) groups excluding carboxylic acids is 1. The number of ether oxygens (including phenoxy) is 1. The van der Waals surface area contributed by atoms with Crippen molar-refractivity contribution in [2.45, 2.75) is 31.5 Å². The third-order valence-corrected chi connectivity index (χ3v) is 2.00. The molecule has 17 heavy (non-hydrogen) atoms. The number of hydrogen-bond donors (Lipinski definition) is 2. The van der Waals surface area contributed by atoms with Crippen LogP contribution in [0.2, 0.25) is 0 Å². The molecule has 0 saturated heterocycles. The number of aliphatic hydroxyl groups excluding tert-OH is 1. The quantitative estimate of drug-likeness (QED) is 0.186. The van der Waals surface area contributed by atoms with Crippen molar-refractivity contribution in [3.05, 3.63) is 25.6 Å². The number of carbonyl (C=O) groups is 1. The van der Waals surface area contributed by atoms with E-state index in [1.54, 1.807) is 6.21 Å². The fourth-order valence-corrected chi connectivity index (χ4v) is 1.22. The van der Waals surface area contributed by atoms with Crippen LogP contribution in [0.4, 0.5) is 0 Å². The molecule has 5 nitrogen and oxygen atoms in total. The predicted octanol–water partition coefficient (Wildman–Crippen LogP) is 1.01. The SMILES string of the molecule is C=C/N=C\CCC[C@@H](C=O)NC(O)COC=C. The lowest BCUT2D eigenvalue weighted by Crippen LogP contribution is -2.41. The van der Waals surface area contributed by atoms with Gasteiger partial charge in [-0.25, -0.2) is 0 Å². The Kier molecular flexibility index (Phi) is 10.1. The van der Waals surface area contributed by atoms with E-state index in [2.05, 4.69) is 23.5 Å². The first-order chi connectivity index (χ1) is 8.24. The van der Waals surface area contributed by atoms with Gasteiger partial charge in [0.2, 0.25) is 0 Å². The summed E-state index contributed by atoms with van der Waals surface area (Å²) in [7, 11) is 0. The van der Waals surface area contributed by atoms with Crippen LogP contribution in [0, 0.1) is 0 Å². The molecule has 0 heterocycles. The van der Waals surface area contributed by atoms with Crippen molar-refractivity contribution in [2.75, 3.05) is 6.61 Å². The largest absolute Gasteiger partial charge is 0.498 e. The molecular formula is C12H20N2O3. The summed E-state index contributed by atoms with van der Waals surface area (Å²) < 4.78 is 4.80. The van der Waals surface area contributed by atoms with Crippen LogP contribution in [0.5, 0.6) is 0 Å². The number of hydrogen-bond acceptors (Lipinski definition) is 5. The lowest BCUT2D eigenvalue weighted by Gasteiger charge is -2.17. The van der Waals surface area contributed by atoms with Crippen LogP contribution in [-0.4, -0.2) is 36.5 Å². The maximum atomic E-state index is 10.7. The van der Waals surface area contributed by atoms with Crippen molar-refractivity contribution in [3.63, 3.8) is 0 Å². The Labute approximate surface area is 102 Å². The van der Waals surface area contributed by atoms with E-state index in [-0.39, 0.29) is 12.6 Å². The Hall–Kier alpha value is -1.46. The van der Waals surface area contributed by atoms with Crippen LogP contribution >= 0.6 is 0 Å². The number of aliphatic imine (C=N–C) groups is 1. The molecule has 0 radical (unpaired) electrons. The molecule has 0 fully saturated rings. The number of aldehydes is 1. The summed E-state index contributed by atoms with van der Waals surface area (Å²) in [5, 5.41) is 12.2. The average Bonchev–Trinajstić information content (AvgIpc) is 2.34. The molecule has 5 heteroatoms. The zero-order valence-corrected chi connectivity index (χ0v) is 9.92. The highest BCUT2D eigenvalue weighted by Crippen LogP contribution is 1.99. The Balaban J connectivity index is 3.74. The van der Waals surface area contributed by atoms with Crippen LogP contribution in [0.1, 0.15) is 19.3 Å². The Morgan fingerprint density at radius 2 is 2.24 bits per heavy atom. The van der Waals surface area contributed by atoms with Gasteiger partial charge in [-0.1, -0.05) is 13.2 Å². The minimum Gasteiger partial charge on any atom is -0.498 e. The lowest BCUT2D eigenvalue weighted by atomic mass is 10.1. The third-order valence-electron chi connectivity index (χ3n) is 2.00. The molecule has 0 aromatic heterocycles. The van der Waals surface area contributed by atoms with Crippen molar-refractivity contribution in [3.8, 4) is 0 Å². The van der Waals surface area contributed by atoms with Gasteiger partial charge in [-0.2, -0.15) is 0 Å². The van der Waals surface area contributed by atoms with Gasteiger partial charge in [0.05, 0.1) is 12.3 Å². The minimum absolute atomic E-state index is 0.0752. The molecule has 1 unspecified atom stereocenters. The number of nitrogens with one attached hydrogen (secondary N) is 1. The van der Waals surface area contributed by atoms with Gasteiger partial charge in [0.25, 0.3) is 0 Å². The summed E-state index contributed by atoms with van der Waals surface area (Å²) in [4.78, 5) is 14.6. The molecule has 2 atom stereocenters. The van der Waals surface area contributed by atoms with E-state index >= 15 is 0 Å². The van der Waals surface area contributed by atoms with Crippen LogP contribution in [0.15, 0.2) is 30.6 Å². The molecule has 0 aliphatic heterocycles. The predicted molar refractivity (Wildman–Crippen MR) is 67.7 cm³/mol. The number of nitrogens with zero attached hydrogens (tertiary/aromatic N) is 1. The molecule has 0 aliphatic rings. The first-order valence-electron chi connectivity index (χ1n) is 5.49. The van der Waals surface area contributed by atoms with Crippen molar-refractivity contribution < 1.29 is 14.6 Å². The van der Waals surface area contributed by atoms with Gasteiger partial charge in [-0.3, -0.25) is 10.3 Å². The van der Waals surface area contributed by atoms with Gasteiger partial charge < -0.3 is 14.6 Å². The fraction of sp³-hybridized carbons (Fsp3) is 0.500. The molecule has 0 aromatic rings. The summed E-state index contributed by atoms with van der Waals surface area (Å²) >= 11 is 0. The first kappa shape index (κ1) is 15.5. The van der Waals surface area contributed by atoms with Crippen LogP contribution < -0.4 is 5.32 Å². The topological polar surface area (TPSA) is 70.9 Å². The molecule has 0 rings (SSSR count). The van der Waals surface area contributed by atoms with Gasteiger partial charge in [0.1, 0.15) is 19.1 Å². The van der Waals surface area contributed by atoms with Crippen molar-refractivity contribution in [2.24, 2.45) is 4.99 Å². The maximum Gasteiger partial charge on any atom is 0.139 e. The third kappa shape index (κ3) is 9.47.